The average molecular weight is 337 g/mol. The van der Waals surface area contributed by atoms with Gasteiger partial charge in [-0.15, -0.1) is 0 Å². The highest BCUT2D eigenvalue weighted by molar-refractivity contribution is 6.23. The number of benzene rings is 1. The number of allylic oxidation sites excluding steroid dienone is 4. The zero-order valence-corrected chi connectivity index (χ0v) is 14.0. The molecule has 5 rings (SSSR count). The fourth-order valence-corrected chi connectivity index (χ4v) is 5.35. The Morgan fingerprint density at radius 3 is 1.96 bits per heavy atom. The summed E-state index contributed by atoms with van der Waals surface area (Å²) in [5, 5.41) is 0. The van der Waals surface area contributed by atoms with Gasteiger partial charge in [0.05, 0.1) is 17.5 Å². The molecule has 3 aliphatic carbocycles. The molecule has 2 bridgehead atoms. The molecule has 1 heterocycles. The first-order chi connectivity index (χ1) is 12.2. The zero-order valence-electron chi connectivity index (χ0n) is 14.0. The number of imide groups is 1. The van der Waals surface area contributed by atoms with Gasteiger partial charge in [-0.05, 0) is 49.9 Å². The molecular weight excluding hydrogens is 317 g/mol. The van der Waals surface area contributed by atoms with E-state index in [9.17, 15) is 14.0 Å². The molecule has 1 aromatic carbocycles. The van der Waals surface area contributed by atoms with Gasteiger partial charge in [-0.25, -0.2) is 9.29 Å². The number of fused-ring (bicyclic) bond motifs is 5. The number of hydrogen-bond acceptors (Lipinski definition) is 2. The summed E-state index contributed by atoms with van der Waals surface area (Å²) in [7, 11) is 0. The van der Waals surface area contributed by atoms with Gasteiger partial charge < -0.3 is 0 Å². The van der Waals surface area contributed by atoms with Crippen molar-refractivity contribution < 1.29 is 14.0 Å². The van der Waals surface area contributed by atoms with Crippen molar-refractivity contribution in [3.63, 3.8) is 0 Å². The molecule has 0 radical (unpaired) electrons. The highest BCUT2D eigenvalue weighted by atomic mass is 19.1. The Balaban J connectivity index is 1.52. The van der Waals surface area contributed by atoms with Gasteiger partial charge in [-0.2, -0.15) is 0 Å². The second-order valence-electron chi connectivity index (χ2n) is 7.60. The van der Waals surface area contributed by atoms with Crippen LogP contribution in [-0.2, 0) is 9.59 Å². The highest BCUT2D eigenvalue weighted by Gasteiger charge is 2.62. The molecule has 4 aliphatic rings. The van der Waals surface area contributed by atoms with Crippen LogP contribution < -0.4 is 4.90 Å². The van der Waals surface area contributed by atoms with Crippen molar-refractivity contribution in [1.82, 2.24) is 0 Å². The van der Waals surface area contributed by atoms with Gasteiger partial charge in [-0.1, -0.05) is 29.7 Å². The number of halogens is 1. The zero-order chi connectivity index (χ0) is 17.1. The van der Waals surface area contributed by atoms with Gasteiger partial charge in [0.15, 0.2) is 0 Å². The standard InChI is InChI=1S/C21H20FNO2/c22-13-6-8-14(9-7-13)23-20(24)18-15-10-11-16(19(18)21(23)25)17(15)12-4-2-1-3-5-12/h6-11,15-16,18-19H,1-5H2/t15-,16+,18-,19-/m0/s1. The third-order valence-electron chi connectivity index (χ3n) is 6.37. The number of anilines is 1. The predicted octanol–water partition coefficient (Wildman–Crippen LogP) is 4.01. The van der Waals surface area contributed by atoms with E-state index in [1.54, 1.807) is 0 Å². The van der Waals surface area contributed by atoms with Crippen molar-refractivity contribution in [3.05, 3.63) is 53.4 Å². The van der Waals surface area contributed by atoms with E-state index in [1.165, 1.54) is 59.6 Å². The van der Waals surface area contributed by atoms with Crippen LogP contribution in [0.25, 0.3) is 0 Å². The van der Waals surface area contributed by atoms with Crippen LogP contribution >= 0.6 is 0 Å². The molecule has 3 nitrogen and oxygen atoms in total. The summed E-state index contributed by atoms with van der Waals surface area (Å²) >= 11 is 0. The van der Waals surface area contributed by atoms with Crippen molar-refractivity contribution >= 4 is 17.5 Å². The van der Waals surface area contributed by atoms with Crippen LogP contribution in [0, 0.1) is 29.5 Å². The highest BCUT2D eigenvalue weighted by Crippen LogP contribution is 2.58. The first-order valence-electron chi connectivity index (χ1n) is 9.20. The smallest absolute Gasteiger partial charge is 0.238 e. The largest absolute Gasteiger partial charge is 0.274 e. The molecule has 2 amide bonds. The monoisotopic (exact) mass is 337 g/mol. The Bertz CT molecular complexity index is 781. The molecule has 0 unspecified atom stereocenters. The van der Waals surface area contributed by atoms with Crippen molar-refractivity contribution in [2.24, 2.45) is 23.7 Å². The van der Waals surface area contributed by atoms with Crippen molar-refractivity contribution in [2.75, 3.05) is 4.90 Å². The molecule has 1 aromatic rings. The van der Waals surface area contributed by atoms with E-state index in [2.05, 4.69) is 12.2 Å². The minimum absolute atomic E-state index is 0.0880. The van der Waals surface area contributed by atoms with Crippen LogP contribution in [0.5, 0.6) is 0 Å². The summed E-state index contributed by atoms with van der Waals surface area (Å²) in [6.07, 6.45) is 10.2. The molecule has 128 valence electrons. The van der Waals surface area contributed by atoms with Gasteiger partial charge in [0.25, 0.3) is 0 Å². The van der Waals surface area contributed by atoms with Crippen LogP contribution in [0.4, 0.5) is 10.1 Å². The average Bonchev–Trinajstić information content (AvgIpc) is 3.27. The molecule has 0 N–H and O–H groups in total. The summed E-state index contributed by atoms with van der Waals surface area (Å²) < 4.78 is 13.2. The van der Waals surface area contributed by atoms with Gasteiger partial charge in [-0.3, -0.25) is 9.59 Å². The molecule has 0 aromatic heterocycles. The molecule has 2 saturated carbocycles. The quantitative estimate of drug-likeness (QED) is 0.574. The lowest BCUT2D eigenvalue weighted by Gasteiger charge is -2.23. The maximum Gasteiger partial charge on any atom is 0.238 e. The summed E-state index contributed by atoms with van der Waals surface area (Å²) in [6, 6.07) is 5.63. The molecule has 4 atom stereocenters. The fourth-order valence-electron chi connectivity index (χ4n) is 5.35. The number of rotatable bonds is 1. The van der Waals surface area contributed by atoms with Crippen LogP contribution in [0.15, 0.2) is 47.6 Å². The van der Waals surface area contributed by atoms with E-state index >= 15 is 0 Å². The molecule has 0 spiro atoms. The number of hydrogen-bond donors (Lipinski definition) is 0. The van der Waals surface area contributed by atoms with E-state index in [1.807, 2.05) is 0 Å². The summed E-state index contributed by atoms with van der Waals surface area (Å²) in [5.41, 5.74) is 3.35. The SMILES string of the molecule is O=C1[C@@H]2[C@@H](C(=O)N1c1ccc(F)cc1)[C@H]1C=C[C@@H]2C1=C1CCCCC1. The molecule has 25 heavy (non-hydrogen) atoms. The van der Waals surface area contributed by atoms with Crippen LogP contribution in [-0.4, -0.2) is 11.8 Å². The van der Waals surface area contributed by atoms with Crippen molar-refractivity contribution in [1.29, 1.82) is 0 Å². The summed E-state index contributed by atoms with van der Waals surface area (Å²) in [5.74, 6) is -0.960. The molecular formula is C21H20FNO2. The van der Waals surface area contributed by atoms with Gasteiger partial charge in [0, 0.05) is 11.8 Å². The lowest BCUT2D eigenvalue weighted by Crippen LogP contribution is -2.33. The van der Waals surface area contributed by atoms with Gasteiger partial charge in [0.2, 0.25) is 11.8 Å². The van der Waals surface area contributed by atoms with Gasteiger partial charge in [0.1, 0.15) is 5.82 Å². The number of carbonyl (C=O) groups excluding carboxylic acids is 2. The molecule has 4 heteroatoms. The normalized spacial score (nSPS) is 33.6. The number of amides is 2. The first-order valence-corrected chi connectivity index (χ1v) is 9.20. The third kappa shape index (κ3) is 2.03. The number of nitrogens with zero attached hydrogens (tertiary/aromatic N) is 1. The lowest BCUT2D eigenvalue weighted by molar-refractivity contribution is -0.122. The second-order valence-corrected chi connectivity index (χ2v) is 7.60. The Kier molecular flexibility index (Phi) is 3.24. The van der Waals surface area contributed by atoms with E-state index in [0.717, 1.165) is 12.8 Å². The topological polar surface area (TPSA) is 37.4 Å². The maximum atomic E-state index is 13.2. The molecule has 1 aliphatic heterocycles. The Morgan fingerprint density at radius 1 is 0.840 bits per heavy atom. The van der Waals surface area contributed by atoms with Crippen LogP contribution in [0.1, 0.15) is 32.1 Å². The summed E-state index contributed by atoms with van der Waals surface area (Å²) in [4.78, 5) is 27.4. The minimum atomic E-state index is -0.367. The Morgan fingerprint density at radius 2 is 1.40 bits per heavy atom. The first kappa shape index (κ1) is 15.1. The lowest BCUT2D eigenvalue weighted by atomic mass is 9.85. The minimum Gasteiger partial charge on any atom is -0.274 e. The van der Waals surface area contributed by atoms with Crippen molar-refractivity contribution in [3.8, 4) is 0 Å². The molecule has 1 saturated heterocycles. The second kappa shape index (κ2) is 5.38. The van der Waals surface area contributed by atoms with Gasteiger partial charge >= 0.3 is 0 Å². The predicted molar refractivity (Wildman–Crippen MR) is 92.1 cm³/mol. The Labute approximate surface area is 146 Å². The fraction of sp³-hybridized carbons (Fsp3) is 0.429. The maximum absolute atomic E-state index is 13.2. The molecule has 3 fully saturated rings. The van der Waals surface area contributed by atoms with Crippen molar-refractivity contribution in [2.45, 2.75) is 32.1 Å². The summed E-state index contributed by atoms with van der Waals surface area (Å²) in [6.45, 7) is 0. The Hall–Kier alpha value is -2.23. The third-order valence-corrected chi connectivity index (χ3v) is 6.37. The van der Waals surface area contributed by atoms with E-state index in [-0.39, 0.29) is 41.3 Å². The van der Waals surface area contributed by atoms with E-state index in [0.29, 0.717) is 5.69 Å². The van der Waals surface area contributed by atoms with Crippen LogP contribution in [0.2, 0.25) is 0 Å². The van der Waals surface area contributed by atoms with E-state index < -0.39 is 0 Å². The van der Waals surface area contributed by atoms with Crippen LogP contribution in [0.3, 0.4) is 0 Å². The van der Waals surface area contributed by atoms with E-state index in [4.69, 9.17) is 0 Å². The number of carbonyl (C=O) groups is 2.